The van der Waals surface area contributed by atoms with Crippen LogP contribution in [0.4, 0.5) is 0 Å². The van der Waals surface area contributed by atoms with Crippen LogP contribution >= 0.6 is 0 Å². The van der Waals surface area contributed by atoms with Crippen molar-refractivity contribution in [2.45, 2.75) is 32.7 Å². The maximum Gasteiger partial charge on any atom is 0.295 e. The second-order valence-electron chi connectivity index (χ2n) is 9.12. The third-order valence-corrected chi connectivity index (χ3v) is 6.60. The zero-order valence-corrected chi connectivity index (χ0v) is 20.9. The van der Waals surface area contributed by atoms with Crippen LogP contribution < -0.4 is 4.74 Å². The van der Waals surface area contributed by atoms with E-state index in [1.165, 1.54) is 0 Å². The van der Waals surface area contributed by atoms with Crippen molar-refractivity contribution in [3.8, 4) is 5.75 Å². The van der Waals surface area contributed by atoms with E-state index in [2.05, 4.69) is 4.98 Å². The average molecular weight is 496 g/mol. The largest absolute Gasteiger partial charge is 0.505 e. The van der Waals surface area contributed by atoms with Crippen molar-refractivity contribution in [2.24, 2.45) is 0 Å². The minimum atomic E-state index is -0.762. The highest BCUT2D eigenvalue weighted by molar-refractivity contribution is 6.46. The van der Waals surface area contributed by atoms with Crippen LogP contribution in [0.25, 0.3) is 11.4 Å². The number of amides is 1. The molecule has 4 aromatic rings. The Morgan fingerprint density at radius 1 is 1.03 bits per heavy atom. The van der Waals surface area contributed by atoms with Gasteiger partial charge in [0.25, 0.3) is 11.7 Å². The van der Waals surface area contributed by atoms with Crippen molar-refractivity contribution < 1.29 is 19.4 Å². The zero-order chi connectivity index (χ0) is 25.9. The van der Waals surface area contributed by atoms with Gasteiger partial charge in [0.1, 0.15) is 17.1 Å². The lowest BCUT2D eigenvalue weighted by molar-refractivity contribution is -0.139. The number of pyridine rings is 1. The molecule has 0 bridgehead atoms. The van der Waals surface area contributed by atoms with Crippen molar-refractivity contribution >= 4 is 23.1 Å². The molecular weight excluding hydrogens is 466 g/mol. The van der Waals surface area contributed by atoms with Crippen molar-refractivity contribution in [3.63, 3.8) is 0 Å². The van der Waals surface area contributed by atoms with Gasteiger partial charge in [-0.3, -0.25) is 14.0 Å². The Hall–Kier alpha value is -4.39. The van der Waals surface area contributed by atoms with Crippen LogP contribution in [0.1, 0.15) is 41.9 Å². The third-order valence-electron chi connectivity index (χ3n) is 6.60. The molecule has 1 aliphatic rings. The highest BCUT2D eigenvalue weighted by atomic mass is 16.5. The fourth-order valence-electron chi connectivity index (χ4n) is 4.87. The first kappa shape index (κ1) is 24.3. The van der Waals surface area contributed by atoms with Crippen molar-refractivity contribution in [1.82, 2.24) is 14.3 Å². The molecule has 1 fully saturated rings. The van der Waals surface area contributed by atoms with Gasteiger partial charge < -0.3 is 14.7 Å². The molecule has 0 radical (unpaired) electrons. The number of aliphatic hydroxyl groups excluding tert-OH is 1. The number of ketones is 1. The molecule has 1 aliphatic heterocycles. The van der Waals surface area contributed by atoms with E-state index in [4.69, 9.17) is 4.74 Å². The summed E-state index contributed by atoms with van der Waals surface area (Å²) in [6.45, 7) is 4.68. The Balaban J connectivity index is 1.64. The number of Topliss-reactive ketones (excluding diaryl/α,β-unsaturated/α-hetero) is 1. The van der Waals surface area contributed by atoms with Gasteiger partial charge >= 0.3 is 0 Å². The monoisotopic (exact) mass is 495 g/mol. The van der Waals surface area contributed by atoms with E-state index < -0.39 is 17.7 Å². The number of carbonyl (C=O) groups excluding carboxylic acids is 2. The van der Waals surface area contributed by atoms with E-state index in [-0.39, 0.29) is 11.3 Å². The number of rotatable bonds is 8. The van der Waals surface area contributed by atoms with Crippen LogP contribution in [0.3, 0.4) is 0 Å². The van der Waals surface area contributed by atoms with Crippen molar-refractivity contribution in [3.05, 3.63) is 107 Å². The van der Waals surface area contributed by atoms with Crippen LogP contribution in [0.15, 0.2) is 84.6 Å². The Morgan fingerprint density at radius 3 is 2.59 bits per heavy atom. The molecule has 5 rings (SSSR count). The van der Waals surface area contributed by atoms with Gasteiger partial charge in [0, 0.05) is 12.7 Å². The second kappa shape index (κ2) is 10.3. The number of likely N-dealkylation sites (tertiary alicyclic amines) is 1. The summed E-state index contributed by atoms with van der Waals surface area (Å²) < 4.78 is 7.57. The lowest BCUT2D eigenvalue weighted by atomic mass is 9.96. The highest BCUT2D eigenvalue weighted by Crippen LogP contribution is 2.41. The number of carbonyl (C=O) groups is 2. The molecule has 1 unspecified atom stereocenters. The molecule has 7 heteroatoms. The average Bonchev–Trinajstić information content (AvgIpc) is 3.39. The zero-order valence-electron chi connectivity index (χ0n) is 20.9. The van der Waals surface area contributed by atoms with Crippen molar-refractivity contribution in [1.29, 1.82) is 0 Å². The summed E-state index contributed by atoms with van der Waals surface area (Å²) >= 11 is 0. The summed E-state index contributed by atoms with van der Waals surface area (Å²) in [5, 5.41) is 11.6. The van der Waals surface area contributed by atoms with Gasteiger partial charge in [0.15, 0.2) is 5.76 Å². The van der Waals surface area contributed by atoms with Crippen molar-refractivity contribution in [2.75, 3.05) is 13.2 Å². The van der Waals surface area contributed by atoms with Crippen LogP contribution in [0.2, 0.25) is 0 Å². The summed E-state index contributed by atoms with van der Waals surface area (Å²) in [5.74, 6) is -0.921. The SMILES string of the molecule is CCCOc1cccc(C2/C(=C(\O)c3c(C)nc4ccccn34)C(=O)C(=O)N2CCc2ccccc2)c1. The quantitative estimate of drug-likeness (QED) is 0.209. The van der Waals surface area contributed by atoms with E-state index in [0.717, 1.165) is 12.0 Å². The summed E-state index contributed by atoms with van der Waals surface area (Å²) in [6.07, 6.45) is 3.21. The number of nitrogens with zero attached hydrogens (tertiary/aromatic N) is 3. The molecule has 3 heterocycles. The Bertz CT molecular complexity index is 1490. The molecule has 2 aromatic heterocycles. The second-order valence-corrected chi connectivity index (χ2v) is 9.12. The summed E-state index contributed by atoms with van der Waals surface area (Å²) in [6, 6.07) is 22.0. The number of aromatic nitrogens is 2. The Morgan fingerprint density at radius 2 is 1.81 bits per heavy atom. The standard InChI is InChI=1S/C30H29N3O4/c1-3-18-37-23-13-9-12-22(19-23)27-25(28(34)26-20(2)31-24-14-7-8-16-32(24)26)29(35)30(36)33(27)17-15-21-10-5-4-6-11-21/h4-14,16,19,27,34H,3,15,17-18H2,1-2H3/b28-25+. The molecule has 0 saturated carbocycles. The van der Waals surface area contributed by atoms with Gasteiger partial charge in [-0.1, -0.05) is 55.5 Å². The van der Waals surface area contributed by atoms with E-state index >= 15 is 0 Å². The minimum absolute atomic E-state index is 0.0551. The highest BCUT2D eigenvalue weighted by Gasteiger charge is 2.46. The number of aliphatic hydroxyl groups is 1. The number of imidazole rings is 1. The molecular formula is C30H29N3O4. The molecule has 0 spiro atoms. The number of hydrogen-bond donors (Lipinski definition) is 1. The predicted molar refractivity (Wildman–Crippen MR) is 141 cm³/mol. The Kier molecular flexibility index (Phi) is 6.77. The van der Waals surface area contributed by atoms with Crippen LogP contribution in [0, 0.1) is 6.92 Å². The van der Waals surface area contributed by atoms with Gasteiger partial charge in [0.2, 0.25) is 0 Å². The molecule has 2 aromatic carbocycles. The van der Waals surface area contributed by atoms with Gasteiger partial charge in [0.05, 0.1) is 23.9 Å². The van der Waals surface area contributed by atoms with E-state index in [1.54, 1.807) is 22.4 Å². The van der Waals surface area contributed by atoms with Gasteiger partial charge in [-0.25, -0.2) is 4.98 Å². The maximum atomic E-state index is 13.5. The first-order valence-corrected chi connectivity index (χ1v) is 12.5. The summed E-state index contributed by atoms with van der Waals surface area (Å²) in [7, 11) is 0. The normalized spacial score (nSPS) is 17.0. The maximum absolute atomic E-state index is 13.5. The van der Waals surface area contributed by atoms with Crippen LogP contribution in [-0.4, -0.2) is 44.2 Å². The number of aryl methyl sites for hydroxylation is 1. The molecule has 1 N–H and O–H groups in total. The topological polar surface area (TPSA) is 84.1 Å². The molecule has 188 valence electrons. The number of fused-ring (bicyclic) bond motifs is 1. The fourth-order valence-corrected chi connectivity index (χ4v) is 4.87. The summed E-state index contributed by atoms with van der Waals surface area (Å²) in [4.78, 5) is 32.9. The van der Waals surface area contributed by atoms with Gasteiger partial charge in [-0.05, 0) is 55.2 Å². The first-order valence-electron chi connectivity index (χ1n) is 12.5. The van der Waals surface area contributed by atoms with E-state index in [9.17, 15) is 14.7 Å². The predicted octanol–water partition coefficient (Wildman–Crippen LogP) is 5.10. The first-order chi connectivity index (χ1) is 18.0. The molecule has 1 amide bonds. The molecule has 1 atom stereocenters. The lowest BCUT2D eigenvalue weighted by Gasteiger charge is -2.26. The number of benzene rings is 2. The fraction of sp³-hybridized carbons (Fsp3) is 0.233. The van der Waals surface area contributed by atoms with E-state index in [0.29, 0.717) is 47.9 Å². The van der Waals surface area contributed by atoms with Crippen LogP contribution in [-0.2, 0) is 16.0 Å². The number of ether oxygens (including phenoxy) is 1. The molecule has 1 saturated heterocycles. The number of hydrogen-bond acceptors (Lipinski definition) is 5. The smallest absolute Gasteiger partial charge is 0.295 e. The minimum Gasteiger partial charge on any atom is -0.505 e. The third kappa shape index (κ3) is 4.60. The van der Waals surface area contributed by atoms with E-state index in [1.807, 2.05) is 79.7 Å². The Labute approximate surface area is 215 Å². The molecule has 0 aliphatic carbocycles. The van der Waals surface area contributed by atoms with Gasteiger partial charge in [-0.15, -0.1) is 0 Å². The molecule has 37 heavy (non-hydrogen) atoms. The van der Waals surface area contributed by atoms with Crippen LogP contribution in [0.5, 0.6) is 5.75 Å². The summed E-state index contributed by atoms with van der Waals surface area (Å²) in [5.41, 5.74) is 3.43. The lowest BCUT2D eigenvalue weighted by Crippen LogP contribution is -2.31. The molecule has 7 nitrogen and oxygen atoms in total. The van der Waals surface area contributed by atoms with Gasteiger partial charge in [-0.2, -0.15) is 0 Å².